The predicted molar refractivity (Wildman–Crippen MR) is 127 cm³/mol. The first-order valence-corrected chi connectivity index (χ1v) is 11.8. The molecule has 0 spiro atoms. The molecule has 2 aromatic carbocycles. The van der Waals surface area contributed by atoms with Crippen LogP contribution in [0.1, 0.15) is 32.1 Å². The van der Waals surface area contributed by atoms with Gasteiger partial charge in [-0.2, -0.15) is 0 Å². The molecule has 2 aliphatic heterocycles. The molecule has 0 saturated carbocycles. The number of aryl methyl sites for hydroxylation is 1. The van der Waals surface area contributed by atoms with E-state index in [4.69, 9.17) is 14.5 Å². The summed E-state index contributed by atoms with van der Waals surface area (Å²) in [5, 5.41) is 1.24. The number of hydrogen-bond donors (Lipinski definition) is 1. The largest absolute Gasteiger partial charge is 0.454 e. The van der Waals surface area contributed by atoms with E-state index in [0.717, 1.165) is 46.4 Å². The maximum absolute atomic E-state index is 5.51. The third-order valence-electron chi connectivity index (χ3n) is 7.14. The zero-order chi connectivity index (χ0) is 21.5. The number of imidazole rings is 1. The van der Waals surface area contributed by atoms with E-state index < -0.39 is 0 Å². The van der Waals surface area contributed by atoms with Gasteiger partial charge >= 0.3 is 0 Å². The first-order valence-electron chi connectivity index (χ1n) is 11.8. The Balaban J connectivity index is 1.18. The topological polar surface area (TPSA) is 55.3 Å². The van der Waals surface area contributed by atoms with Crippen molar-refractivity contribution in [2.45, 2.75) is 38.6 Å². The second-order valence-corrected chi connectivity index (χ2v) is 9.30. The number of H-pyrrole nitrogens is 1. The fraction of sp³-hybridized carbons (Fsp3) is 0.423. The van der Waals surface area contributed by atoms with E-state index in [9.17, 15) is 0 Å². The molecule has 6 rings (SSSR count). The molecule has 6 heteroatoms. The molecule has 4 heterocycles. The number of nitrogens with one attached hydrogen (secondary N) is 1. The minimum atomic E-state index is 0.277. The lowest BCUT2D eigenvalue weighted by atomic mass is 9.92. The molecule has 1 fully saturated rings. The monoisotopic (exact) mass is 430 g/mol. The number of aromatic nitrogens is 3. The van der Waals surface area contributed by atoms with Crippen LogP contribution in [-0.2, 0) is 6.54 Å². The van der Waals surface area contributed by atoms with Crippen LogP contribution in [-0.4, -0.2) is 46.4 Å². The van der Waals surface area contributed by atoms with Crippen LogP contribution in [0.3, 0.4) is 0 Å². The summed E-state index contributed by atoms with van der Waals surface area (Å²) in [7, 11) is 2.24. The summed E-state index contributed by atoms with van der Waals surface area (Å²) in [5.74, 6) is 3.34. The Morgan fingerprint density at radius 2 is 1.91 bits per heavy atom. The third-order valence-corrected chi connectivity index (χ3v) is 7.14. The molecule has 2 aromatic heterocycles. The van der Waals surface area contributed by atoms with Crippen molar-refractivity contribution in [3.8, 4) is 22.9 Å². The highest BCUT2D eigenvalue weighted by Gasteiger charge is 2.18. The van der Waals surface area contributed by atoms with Gasteiger partial charge in [-0.3, -0.25) is 0 Å². The van der Waals surface area contributed by atoms with E-state index in [1.807, 2.05) is 12.1 Å². The molecule has 166 valence electrons. The summed E-state index contributed by atoms with van der Waals surface area (Å²) < 4.78 is 13.4. The lowest BCUT2D eigenvalue weighted by Crippen LogP contribution is -2.30. The number of likely N-dealkylation sites (tertiary alicyclic amines) is 1. The molecule has 6 nitrogen and oxygen atoms in total. The Morgan fingerprint density at radius 1 is 1.06 bits per heavy atom. The van der Waals surface area contributed by atoms with Gasteiger partial charge in [0.05, 0.1) is 11.0 Å². The van der Waals surface area contributed by atoms with Crippen molar-refractivity contribution < 1.29 is 9.47 Å². The highest BCUT2D eigenvalue weighted by molar-refractivity contribution is 5.95. The lowest BCUT2D eigenvalue weighted by molar-refractivity contribution is 0.174. The summed E-state index contributed by atoms with van der Waals surface area (Å²) in [6.07, 6.45) is 8.87. The van der Waals surface area contributed by atoms with Crippen LogP contribution in [0, 0.1) is 5.92 Å². The van der Waals surface area contributed by atoms with Crippen LogP contribution >= 0.6 is 0 Å². The smallest absolute Gasteiger partial charge is 0.231 e. The second-order valence-electron chi connectivity index (χ2n) is 9.30. The lowest BCUT2D eigenvalue weighted by Gasteiger charge is -2.28. The van der Waals surface area contributed by atoms with Gasteiger partial charge in [0, 0.05) is 41.3 Å². The van der Waals surface area contributed by atoms with Crippen molar-refractivity contribution in [1.82, 2.24) is 19.4 Å². The summed E-state index contributed by atoms with van der Waals surface area (Å²) >= 11 is 0. The average Bonchev–Trinajstić information content (AvgIpc) is 3.53. The van der Waals surface area contributed by atoms with E-state index in [-0.39, 0.29) is 6.79 Å². The van der Waals surface area contributed by atoms with Crippen LogP contribution in [0.4, 0.5) is 0 Å². The maximum Gasteiger partial charge on any atom is 0.231 e. The zero-order valence-electron chi connectivity index (χ0n) is 18.6. The van der Waals surface area contributed by atoms with Crippen molar-refractivity contribution >= 4 is 21.9 Å². The molecule has 4 aromatic rings. The Bertz CT molecular complexity index is 1210. The highest BCUT2D eigenvalue weighted by Crippen LogP contribution is 2.37. The van der Waals surface area contributed by atoms with Crippen molar-refractivity contribution in [3.63, 3.8) is 0 Å². The number of rotatable bonds is 6. The van der Waals surface area contributed by atoms with Crippen LogP contribution in [0.15, 0.2) is 42.6 Å². The van der Waals surface area contributed by atoms with Crippen LogP contribution in [0.25, 0.3) is 33.3 Å². The first kappa shape index (κ1) is 19.7. The van der Waals surface area contributed by atoms with Gasteiger partial charge in [0.1, 0.15) is 5.82 Å². The Hall–Kier alpha value is -2.99. The van der Waals surface area contributed by atoms with E-state index in [1.165, 1.54) is 56.1 Å². The van der Waals surface area contributed by atoms with E-state index in [2.05, 4.69) is 52.0 Å². The molecule has 0 amide bonds. The number of hydrogen-bond acceptors (Lipinski definition) is 4. The number of nitrogens with zero attached hydrogens (tertiary/aromatic N) is 3. The molecule has 1 N–H and O–H groups in total. The fourth-order valence-electron chi connectivity index (χ4n) is 5.22. The standard InChI is InChI=1S/C26H30N4O2/c1-29-12-8-18(9-13-29)5-2-3-11-30-14-10-19-20(6-4-7-23(19)30)26-27-21-15-24-25(32-17-31-24)16-22(21)28-26/h4,6-7,10,14-16,18H,2-3,5,8-9,11-13,17H2,1H3,(H,27,28). The maximum atomic E-state index is 5.51. The third kappa shape index (κ3) is 3.62. The molecule has 0 unspecified atom stereocenters. The number of piperidine rings is 1. The summed E-state index contributed by atoms with van der Waals surface area (Å²) in [4.78, 5) is 10.8. The number of ether oxygens (including phenoxy) is 2. The van der Waals surface area contributed by atoms with Gasteiger partial charge in [0.25, 0.3) is 0 Å². The Labute approximate surface area is 188 Å². The van der Waals surface area contributed by atoms with Gasteiger partial charge < -0.3 is 23.9 Å². The van der Waals surface area contributed by atoms with E-state index in [0.29, 0.717) is 0 Å². The minimum Gasteiger partial charge on any atom is -0.454 e. The Kier molecular flexibility index (Phi) is 5.02. The van der Waals surface area contributed by atoms with E-state index >= 15 is 0 Å². The fourth-order valence-corrected chi connectivity index (χ4v) is 5.22. The number of unbranched alkanes of at least 4 members (excludes halogenated alkanes) is 1. The van der Waals surface area contributed by atoms with Crippen LogP contribution in [0.2, 0.25) is 0 Å². The molecule has 0 radical (unpaired) electrons. The highest BCUT2D eigenvalue weighted by atomic mass is 16.7. The quantitative estimate of drug-likeness (QED) is 0.415. The van der Waals surface area contributed by atoms with Gasteiger partial charge in [-0.25, -0.2) is 4.98 Å². The molecule has 1 saturated heterocycles. The molecule has 0 atom stereocenters. The zero-order valence-corrected chi connectivity index (χ0v) is 18.6. The van der Waals surface area contributed by atoms with Crippen molar-refractivity contribution in [1.29, 1.82) is 0 Å². The molecular weight excluding hydrogens is 400 g/mol. The van der Waals surface area contributed by atoms with Crippen LogP contribution in [0.5, 0.6) is 11.5 Å². The Morgan fingerprint density at radius 3 is 2.78 bits per heavy atom. The number of fused-ring (bicyclic) bond motifs is 3. The molecule has 32 heavy (non-hydrogen) atoms. The van der Waals surface area contributed by atoms with Gasteiger partial charge in [-0.1, -0.05) is 25.0 Å². The van der Waals surface area contributed by atoms with Crippen molar-refractivity contribution in [3.05, 3.63) is 42.6 Å². The number of benzene rings is 2. The first-order chi connectivity index (χ1) is 15.7. The van der Waals surface area contributed by atoms with Crippen LogP contribution < -0.4 is 9.47 Å². The average molecular weight is 431 g/mol. The van der Waals surface area contributed by atoms with Crippen molar-refractivity contribution in [2.75, 3.05) is 26.9 Å². The summed E-state index contributed by atoms with van der Waals surface area (Å²) in [6.45, 7) is 3.88. The molecular formula is C26H30N4O2. The summed E-state index contributed by atoms with van der Waals surface area (Å²) in [6, 6.07) is 12.6. The minimum absolute atomic E-state index is 0.277. The van der Waals surface area contributed by atoms with Gasteiger partial charge in [-0.15, -0.1) is 0 Å². The van der Waals surface area contributed by atoms with Gasteiger partial charge in [0.2, 0.25) is 6.79 Å². The molecule has 0 bridgehead atoms. The molecule has 0 aliphatic carbocycles. The normalized spacial score (nSPS) is 17.0. The predicted octanol–water partition coefficient (Wildman–Crippen LogP) is 5.43. The van der Waals surface area contributed by atoms with E-state index in [1.54, 1.807) is 0 Å². The second kappa shape index (κ2) is 8.17. The molecule has 2 aliphatic rings. The van der Waals surface area contributed by atoms with Crippen molar-refractivity contribution in [2.24, 2.45) is 5.92 Å². The number of aromatic amines is 1. The SMILES string of the molecule is CN1CCC(CCCCn2ccc3c(-c4nc5cc6c(cc5[nH]4)OCO6)cccc32)CC1. The van der Waals surface area contributed by atoms with Gasteiger partial charge in [0.15, 0.2) is 11.5 Å². The van der Waals surface area contributed by atoms with Gasteiger partial charge in [-0.05, 0) is 57.5 Å². The summed E-state index contributed by atoms with van der Waals surface area (Å²) in [5.41, 5.74) is 4.27.